The van der Waals surface area contributed by atoms with Crippen molar-refractivity contribution in [3.8, 4) is 17.2 Å². The van der Waals surface area contributed by atoms with Crippen molar-refractivity contribution in [2.24, 2.45) is 0 Å². The molecule has 0 bridgehead atoms. The molecule has 0 heterocycles. The van der Waals surface area contributed by atoms with Crippen LogP contribution in [0.3, 0.4) is 0 Å². The minimum absolute atomic E-state index is 0.0894. The number of carbonyl (C=O) groups excluding carboxylic acids is 1. The lowest BCUT2D eigenvalue weighted by atomic mass is 9.90. The van der Waals surface area contributed by atoms with Crippen LogP contribution in [0.1, 0.15) is 6.42 Å². The molecule has 1 saturated carbocycles. The Morgan fingerprint density at radius 1 is 0.905 bits per heavy atom. The highest BCUT2D eigenvalue weighted by Gasteiger charge is 2.41. The SMILES string of the molecule is COC1C(=O)CC1Oc1ccc(Oc2ccccc2)cc1. The van der Waals surface area contributed by atoms with E-state index < -0.39 is 6.10 Å². The largest absolute Gasteiger partial charge is 0.487 e. The Bertz CT molecular complexity index is 606. The first kappa shape index (κ1) is 13.6. The number of hydrogen-bond acceptors (Lipinski definition) is 4. The van der Waals surface area contributed by atoms with Gasteiger partial charge in [-0.3, -0.25) is 4.79 Å². The highest BCUT2D eigenvalue weighted by molar-refractivity contribution is 5.90. The molecular weight excluding hydrogens is 268 g/mol. The number of rotatable bonds is 5. The van der Waals surface area contributed by atoms with E-state index in [1.807, 2.05) is 54.6 Å². The van der Waals surface area contributed by atoms with Gasteiger partial charge in [0.05, 0.1) is 0 Å². The average molecular weight is 284 g/mol. The third kappa shape index (κ3) is 3.06. The quantitative estimate of drug-likeness (QED) is 0.845. The Labute approximate surface area is 123 Å². The highest BCUT2D eigenvalue weighted by Crippen LogP contribution is 2.28. The number of methoxy groups -OCH3 is 1. The maximum Gasteiger partial charge on any atom is 0.169 e. The fraction of sp³-hybridized carbons (Fsp3) is 0.235. The van der Waals surface area contributed by atoms with Crippen molar-refractivity contribution in [1.82, 2.24) is 0 Å². The molecule has 0 amide bonds. The lowest BCUT2D eigenvalue weighted by molar-refractivity contribution is -0.150. The molecule has 1 fully saturated rings. The van der Waals surface area contributed by atoms with Crippen LogP contribution in [0.2, 0.25) is 0 Å². The Morgan fingerprint density at radius 2 is 1.52 bits per heavy atom. The first-order valence-electron chi connectivity index (χ1n) is 6.81. The van der Waals surface area contributed by atoms with E-state index in [2.05, 4.69) is 0 Å². The van der Waals surface area contributed by atoms with Crippen LogP contribution in [-0.4, -0.2) is 25.1 Å². The monoisotopic (exact) mass is 284 g/mol. The second kappa shape index (κ2) is 5.97. The average Bonchev–Trinajstić information content (AvgIpc) is 2.50. The Balaban J connectivity index is 1.61. The molecule has 0 radical (unpaired) electrons. The van der Waals surface area contributed by atoms with E-state index in [0.717, 1.165) is 11.5 Å². The number of hydrogen-bond donors (Lipinski definition) is 0. The van der Waals surface area contributed by atoms with E-state index in [0.29, 0.717) is 12.2 Å². The van der Waals surface area contributed by atoms with E-state index in [1.165, 1.54) is 7.11 Å². The summed E-state index contributed by atoms with van der Waals surface area (Å²) in [6.07, 6.45) is -0.227. The molecule has 21 heavy (non-hydrogen) atoms. The van der Waals surface area contributed by atoms with Crippen molar-refractivity contribution in [2.75, 3.05) is 7.11 Å². The minimum atomic E-state index is -0.440. The van der Waals surface area contributed by atoms with Gasteiger partial charge in [0.1, 0.15) is 23.4 Å². The standard InChI is InChI=1S/C17H16O4/c1-19-17-15(18)11-16(17)21-14-9-7-13(8-10-14)20-12-5-3-2-4-6-12/h2-10,16-17H,11H2,1H3. The number of benzene rings is 2. The van der Waals surface area contributed by atoms with Crippen LogP contribution in [0.4, 0.5) is 0 Å². The smallest absolute Gasteiger partial charge is 0.169 e. The summed E-state index contributed by atoms with van der Waals surface area (Å²) >= 11 is 0. The molecular formula is C17H16O4. The molecule has 0 spiro atoms. The van der Waals surface area contributed by atoms with Crippen LogP contribution in [0, 0.1) is 0 Å². The van der Waals surface area contributed by atoms with Crippen molar-refractivity contribution in [1.29, 1.82) is 0 Å². The van der Waals surface area contributed by atoms with Crippen LogP contribution in [0.15, 0.2) is 54.6 Å². The van der Waals surface area contributed by atoms with Crippen LogP contribution in [-0.2, 0) is 9.53 Å². The van der Waals surface area contributed by atoms with Gasteiger partial charge in [0.15, 0.2) is 11.9 Å². The third-order valence-corrected chi connectivity index (χ3v) is 3.40. The highest BCUT2D eigenvalue weighted by atomic mass is 16.5. The zero-order valence-corrected chi connectivity index (χ0v) is 11.7. The summed E-state index contributed by atoms with van der Waals surface area (Å²) in [5.41, 5.74) is 0. The second-order valence-corrected chi connectivity index (χ2v) is 4.87. The maximum absolute atomic E-state index is 11.3. The molecule has 3 rings (SSSR count). The summed E-state index contributed by atoms with van der Waals surface area (Å²) in [5.74, 6) is 2.32. The molecule has 0 saturated heterocycles. The second-order valence-electron chi connectivity index (χ2n) is 4.87. The van der Waals surface area contributed by atoms with Gasteiger partial charge in [0.25, 0.3) is 0 Å². The van der Waals surface area contributed by atoms with E-state index in [9.17, 15) is 4.79 Å². The van der Waals surface area contributed by atoms with Crippen LogP contribution in [0.5, 0.6) is 17.2 Å². The zero-order chi connectivity index (χ0) is 14.7. The van der Waals surface area contributed by atoms with Crippen LogP contribution < -0.4 is 9.47 Å². The molecule has 2 atom stereocenters. The van der Waals surface area contributed by atoms with E-state index in [-0.39, 0.29) is 11.9 Å². The number of Topliss-reactive ketones (excluding diaryl/α,β-unsaturated/α-hetero) is 1. The predicted octanol–water partition coefficient (Wildman–Crippen LogP) is 3.21. The Morgan fingerprint density at radius 3 is 2.14 bits per heavy atom. The fourth-order valence-electron chi connectivity index (χ4n) is 2.24. The molecule has 2 aromatic rings. The van der Waals surface area contributed by atoms with Crippen molar-refractivity contribution in [2.45, 2.75) is 18.6 Å². The summed E-state index contributed by atoms with van der Waals surface area (Å²) < 4.78 is 16.5. The lowest BCUT2D eigenvalue weighted by Gasteiger charge is -2.33. The number of carbonyl (C=O) groups is 1. The van der Waals surface area contributed by atoms with Gasteiger partial charge in [-0.25, -0.2) is 0 Å². The first-order valence-corrected chi connectivity index (χ1v) is 6.81. The minimum Gasteiger partial charge on any atom is -0.487 e. The molecule has 4 nitrogen and oxygen atoms in total. The number of ketones is 1. The van der Waals surface area contributed by atoms with Gasteiger partial charge in [-0.1, -0.05) is 18.2 Å². The van der Waals surface area contributed by atoms with Crippen LogP contribution in [0.25, 0.3) is 0 Å². The van der Waals surface area contributed by atoms with E-state index in [4.69, 9.17) is 14.2 Å². The number of para-hydroxylation sites is 1. The lowest BCUT2D eigenvalue weighted by Crippen LogP contribution is -2.51. The van der Waals surface area contributed by atoms with Gasteiger partial charge in [0, 0.05) is 13.5 Å². The molecule has 1 aliphatic rings. The molecule has 1 aliphatic carbocycles. The molecule has 2 unspecified atom stereocenters. The van der Waals surface area contributed by atoms with Gasteiger partial charge in [-0.05, 0) is 36.4 Å². The normalized spacial score (nSPS) is 20.7. The summed E-state index contributed by atoms with van der Waals surface area (Å²) in [7, 11) is 1.52. The van der Waals surface area contributed by atoms with E-state index in [1.54, 1.807) is 0 Å². The molecule has 0 N–H and O–H groups in total. The molecule has 0 aromatic heterocycles. The van der Waals surface area contributed by atoms with Crippen LogP contribution >= 0.6 is 0 Å². The van der Waals surface area contributed by atoms with Crippen molar-refractivity contribution < 1.29 is 19.0 Å². The molecule has 4 heteroatoms. The molecule has 0 aliphatic heterocycles. The summed E-state index contributed by atoms with van der Waals surface area (Å²) in [5, 5.41) is 0. The Kier molecular flexibility index (Phi) is 3.88. The molecule has 2 aromatic carbocycles. The zero-order valence-electron chi connectivity index (χ0n) is 11.7. The van der Waals surface area contributed by atoms with Crippen molar-refractivity contribution in [3.63, 3.8) is 0 Å². The van der Waals surface area contributed by atoms with Gasteiger partial charge in [-0.15, -0.1) is 0 Å². The summed E-state index contributed by atoms with van der Waals surface area (Å²) in [6.45, 7) is 0. The van der Waals surface area contributed by atoms with Gasteiger partial charge in [-0.2, -0.15) is 0 Å². The fourth-order valence-corrected chi connectivity index (χ4v) is 2.24. The third-order valence-electron chi connectivity index (χ3n) is 3.40. The number of ether oxygens (including phenoxy) is 3. The van der Waals surface area contributed by atoms with E-state index >= 15 is 0 Å². The maximum atomic E-state index is 11.3. The topological polar surface area (TPSA) is 44.8 Å². The van der Waals surface area contributed by atoms with Gasteiger partial charge < -0.3 is 14.2 Å². The first-order chi connectivity index (χ1) is 10.3. The van der Waals surface area contributed by atoms with Crippen molar-refractivity contribution >= 4 is 5.78 Å². The van der Waals surface area contributed by atoms with Crippen molar-refractivity contribution in [3.05, 3.63) is 54.6 Å². The predicted molar refractivity (Wildman–Crippen MR) is 77.8 cm³/mol. The van der Waals surface area contributed by atoms with Gasteiger partial charge in [0.2, 0.25) is 0 Å². The summed E-state index contributed by atoms with van der Waals surface area (Å²) in [4.78, 5) is 11.3. The summed E-state index contributed by atoms with van der Waals surface area (Å²) in [6, 6.07) is 16.9. The van der Waals surface area contributed by atoms with Gasteiger partial charge >= 0.3 is 0 Å². The Hall–Kier alpha value is -2.33. The molecule has 108 valence electrons.